The number of rotatable bonds is 4. The van der Waals surface area contributed by atoms with Crippen LogP contribution in [0.3, 0.4) is 0 Å². The van der Waals surface area contributed by atoms with Crippen LogP contribution in [0.2, 0.25) is 0 Å². The molecule has 0 unspecified atom stereocenters. The molecule has 0 spiro atoms. The largest absolute Gasteiger partial charge is 0.490 e. The van der Waals surface area contributed by atoms with Crippen LogP contribution in [-0.4, -0.2) is 76.3 Å². The van der Waals surface area contributed by atoms with Gasteiger partial charge in [-0.05, 0) is 12.8 Å². The van der Waals surface area contributed by atoms with Crippen LogP contribution in [0.15, 0.2) is 11.6 Å². The van der Waals surface area contributed by atoms with Crippen molar-refractivity contribution in [2.75, 3.05) is 26.2 Å². The van der Waals surface area contributed by atoms with E-state index in [4.69, 9.17) is 14.6 Å². The van der Waals surface area contributed by atoms with Crippen LogP contribution in [0.25, 0.3) is 0 Å². The topological polar surface area (TPSA) is 83.0 Å². The van der Waals surface area contributed by atoms with E-state index in [2.05, 4.69) is 9.88 Å². The van der Waals surface area contributed by atoms with Gasteiger partial charge in [0.1, 0.15) is 5.01 Å². The molecule has 28 heavy (non-hydrogen) atoms. The number of hydrogen-bond donors (Lipinski definition) is 1. The van der Waals surface area contributed by atoms with Crippen molar-refractivity contribution in [2.45, 2.75) is 44.2 Å². The summed E-state index contributed by atoms with van der Waals surface area (Å²) >= 11 is 1.72. The summed E-state index contributed by atoms with van der Waals surface area (Å²) in [5.41, 5.74) is 0. The minimum atomic E-state index is -5.08. The Morgan fingerprint density at radius 2 is 2.04 bits per heavy atom. The predicted octanol–water partition coefficient (Wildman–Crippen LogP) is 1.99. The number of halogens is 3. The highest BCUT2D eigenvalue weighted by atomic mass is 32.1. The fourth-order valence-corrected chi connectivity index (χ4v) is 4.28. The van der Waals surface area contributed by atoms with Gasteiger partial charge in [0, 0.05) is 43.7 Å². The van der Waals surface area contributed by atoms with E-state index >= 15 is 0 Å². The SMILES string of the molecule is O=C(C[C@@H]1C[C@H]2CN(Cc3nccs3)C[C@H]2O1)N1CCC1.O=C(O)C(F)(F)F. The van der Waals surface area contributed by atoms with Gasteiger partial charge in [0.05, 0.1) is 25.2 Å². The zero-order chi connectivity index (χ0) is 20.3. The molecule has 1 aromatic heterocycles. The van der Waals surface area contributed by atoms with Gasteiger partial charge in [-0.1, -0.05) is 0 Å². The maximum atomic E-state index is 12.0. The van der Waals surface area contributed by atoms with Gasteiger partial charge in [0.15, 0.2) is 0 Å². The molecule has 7 nitrogen and oxygen atoms in total. The number of aromatic nitrogens is 1. The number of carbonyl (C=O) groups excluding carboxylic acids is 1. The molecular weight excluding hydrogens is 399 g/mol. The van der Waals surface area contributed by atoms with Crippen LogP contribution in [0.5, 0.6) is 0 Å². The number of ether oxygens (including phenoxy) is 1. The van der Waals surface area contributed by atoms with Gasteiger partial charge in [0.25, 0.3) is 0 Å². The minimum Gasteiger partial charge on any atom is -0.475 e. The molecule has 3 aliphatic heterocycles. The molecule has 4 heterocycles. The summed E-state index contributed by atoms with van der Waals surface area (Å²) in [6.07, 6.45) is 0.0335. The molecule has 1 N–H and O–H groups in total. The molecule has 0 aromatic carbocycles. The highest BCUT2D eigenvalue weighted by Crippen LogP contribution is 2.35. The average Bonchev–Trinajstić information content (AvgIpc) is 3.22. The van der Waals surface area contributed by atoms with Crippen molar-refractivity contribution in [3.63, 3.8) is 0 Å². The number of fused-ring (bicyclic) bond motifs is 1. The van der Waals surface area contributed by atoms with Gasteiger partial charge in [-0.2, -0.15) is 13.2 Å². The average molecular weight is 421 g/mol. The second kappa shape index (κ2) is 8.75. The van der Waals surface area contributed by atoms with Crippen molar-refractivity contribution in [3.05, 3.63) is 16.6 Å². The Morgan fingerprint density at radius 3 is 2.54 bits per heavy atom. The predicted molar refractivity (Wildman–Crippen MR) is 93.7 cm³/mol. The summed E-state index contributed by atoms with van der Waals surface area (Å²) in [6, 6.07) is 0. The van der Waals surface area contributed by atoms with Crippen LogP contribution >= 0.6 is 11.3 Å². The number of carboxylic acid groups (broad SMARTS) is 1. The maximum Gasteiger partial charge on any atom is 0.490 e. The molecule has 11 heteroatoms. The fourth-order valence-electron chi connectivity index (χ4n) is 3.62. The number of thiazole rings is 1. The van der Waals surface area contributed by atoms with E-state index < -0.39 is 12.1 Å². The third kappa shape index (κ3) is 5.42. The Balaban J connectivity index is 0.000000279. The molecule has 0 bridgehead atoms. The number of alkyl halides is 3. The standard InChI is InChI=1S/C15H21N3O2S.C2HF3O2/c19-15(18-3-1-4-18)7-12-6-11-8-17(9-13(11)20-12)10-14-16-2-5-21-14;3-2(4,5)1(6)7/h2,5,11-13H,1,3-4,6-10H2;(H,6,7)/t11-,12-,13+;/m0./s1. The Hall–Kier alpha value is -1.72. The first-order valence-corrected chi connectivity index (χ1v) is 9.94. The van der Waals surface area contributed by atoms with E-state index in [1.165, 1.54) is 5.01 Å². The van der Waals surface area contributed by atoms with Gasteiger partial charge in [-0.3, -0.25) is 9.69 Å². The molecule has 1 aromatic rings. The van der Waals surface area contributed by atoms with E-state index in [9.17, 15) is 18.0 Å². The van der Waals surface area contributed by atoms with Crippen LogP contribution in [0.1, 0.15) is 24.3 Å². The normalized spacial score (nSPS) is 27.0. The number of likely N-dealkylation sites (tertiary alicyclic amines) is 2. The number of carboxylic acids is 1. The van der Waals surface area contributed by atoms with Crippen LogP contribution < -0.4 is 0 Å². The molecule has 0 aliphatic carbocycles. The van der Waals surface area contributed by atoms with E-state index in [1.807, 2.05) is 16.5 Å². The first kappa shape index (κ1) is 21.0. The van der Waals surface area contributed by atoms with Crippen LogP contribution in [0.4, 0.5) is 13.2 Å². The zero-order valence-corrected chi connectivity index (χ0v) is 15.9. The molecule has 0 radical (unpaired) electrons. The maximum absolute atomic E-state index is 12.0. The van der Waals surface area contributed by atoms with Crippen LogP contribution in [-0.2, 0) is 20.9 Å². The summed E-state index contributed by atoms with van der Waals surface area (Å²) < 4.78 is 37.9. The van der Waals surface area contributed by atoms with E-state index in [0.29, 0.717) is 18.4 Å². The van der Waals surface area contributed by atoms with Crippen molar-refractivity contribution in [2.24, 2.45) is 5.92 Å². The molecule has 4 rings (SSSR count). The summed E-state index contributed by atoms with van der Waals surface area (Å²) in [5.74, 6) is -1.88. The Kier molecular flexibility index (Phi) is 6.56. The van der Waals surface area contributed by atoms with E-state index in [-0.39, 0.29) is 12.0 Å². The minimum absolute atomic E-state index is 0.148. The Morgan fingerprint density at radius 1 is 1.32 bits per heavy atom. The second-order valence-electron chi connectivity index (χ2n) is 7.15. The van der Waals surface area contributed by atoms with Gasteiger partial charge >= 0.3 is 12.1 Å². The lowest BCUT2D eigenvalue weighted by Gasteiger charge is -2.31. The zero-order valence-electron chi connectivity index (χ0n) is 15.1. The quantitative estimate of drug-likeness (QED) is 0.801. The van der Waals surface area contributed by atoms with Gasteiger partial charge < -0.3 is 14.7 Å². The molecule has 3 saturated heterocycles. The Bertz CT molecular complexity index is 668. The third-order valence-corrected chi connectivity index (χ3v) is 5.85. The first-order valence-electron chi connectivity index (χ1n) is 9.06. The van der Waals surface area contributed by atoms with Crippen molar-refractivity contribution >= 4 is 23.2 Å². The monoisotopic (exact) mass is 421 g/mol. The molecule has 3 atom stereocenters. The lowest BCUT2D eigenvalue weighted by Crippen LogP contribution is -2.43. The van der Waals surface area contributed by atoms with Gasteiger partial charge in [0.2, 0.25) is 5.91 Å². The highest BCUT2D eigenvalue weighted by molar-refractivity contribution is 7.09. The molecule has 3 aliphatic rings. The smallest absolute Gasteiger partial charge is 0.475 e. The van der Waals surface area contributed by atoms with Crippen LogP contribution in [0, 0.1) is 5.92 Å². The fraction of sp³-hybridized carbons (Fsp3) is 0.706. The number of carbonyl (C=O) groups is 2. The number of nitrogens with zero attached hydrogens (tertiary/aromatic N) is 3. The lowest BCUT2D eigenvalue weighted by molar-refractivity contribution is -0.192. The van der Waals surface area contributed by atoms with Gasteiger partial charge in [-0.15, -0.1) is 11.3 Å². The molecule has 0 saturated carbocycles. The van der Waals surface area contributed by atoms with Crippen molar-refractivity contribution < 1.29 is 32.6 Å². The van der Waals surface area contributed by atoms with Crippen molar-refractivity contribution in [1.29, 1.82) is 0 Å². The molecule has 156 valence electrons. The first-order chi connectivity index (χ1) is 13.2. The summed E-state index contributed by atoms with van der Waals surface area (Å²) in [5, 5.41) is 10.3. The Labute approximate surface area is 164 Å². The van der Waals surface area contributed by atoms with Gasteiger partial charge in [-0.25, -0.2) is 9.78 Å². The number of hydrogen-bond acceptors (Lipinski definition) is 6. The molecule has 1 amide bonds. The number of aliphatic carboxylic acids is 1. The van der Waals surface area contributed by atoms with E-state index in [1.54, 1.807) is 11.3 Å². The summed E-state index contributed by atoms with van der Waals surface area (Å²) in [6.45, 7) is 4.89. The second-order valence-corrected chi connectivity index (χ2v) is 8.13. The van der Waals surface area contributed by atoms with Crippen molar-refractivity contribution in [1.82, 2.24) is 14.8 Å². The lowest BCUT2D eigenvalue weighted by atomic mass is 10.0. The summed E-state index contributed by atoms with van der Waals surface area (Å²) in [7, 11) is 0. The van der Waals surface area contributed by atoms with E-state index in [0.717, 1.165) is 45.6 Å². The van der Waals surface area contributed by atoms with Crippen molar-refractivity contribution in [3.8, 4) is 0 Å². The number of amides is 1. The molecular formula is C17H22F3N3O4S. The molecule has 3 fully saturated rings. The third-order valence-electron chi connectivity index (χ3n) is 5.09. The summed E-state index contributed by atoms with van der Waals surface area (Å²) in [4.78, 5) is 29.6. The highest BCUT2D eigenvalue weighted by Gasteiger charge is 2.43.